The van der Waals surface area contributed by atoms with Crippen molar-refractivity contribution in [1.29, 1.82) is 0 Å². The summed E-state index contributed by atoms with van der Waals surface area (Å²) in [7, 11) is 0. The zero-order valence-corrected chi connectivity index (χ0v) is 9.97. The highest BCUT2D eigenvalue weighted by atomic mass is 16.6. The number of aliphatic hydroxyl groups is 1. The Labute approximate surface area is 95.3 Å². The molecule has 0 aromatic heterocycles. The number of piperidine rings is 1. The highest BCUT2D eigenvalue weighted by Gasteiger charge is 2.52. The maximum atomic E-state index is 11.9. The van der Waals surface area contributed by atoms with Gasteiger partial charge in [0, 0.05) is 6.54 Å². The van der Waals surface area contributed by atoms with Crippen LogP contribution in [-0.4, -0.2) is 53.1 Å². The number of fused-ring (bicyclic) bond motifs is 1. The van der Waals surface area contributed by atoms with Crippen LogP contribution in [0.1, 0.15) is 27.2 Å². The zero-order chi connectivity index (χ0) is 11.9. The topological polar surface area (TPSA) is 62.3 Å². The lowest BCUT2D eigenvalue weighted by Gasteiger charge is -2.33. The van der Waals surface area contributed by atoms with E-state index in [0.29, 0.717) is 6.54 Å². The van der Waals surface area contributed by atoms with E-state index >= 15 is 0 Å². The number of hydrogen-bond acceptors (Lipinski definition) is 4. The minimum absolute atomic E-state index is 0.00580. The van der Waals surface area contributed by atoms with Crippen LogP contribution in [-0.2, 0) is 9.47 Å². The lowest BCUT2D eigenvalue weighted by molar-refractivity contribution is 0.00380. The Hall–Kier alpha value is -0.810. The summed E-state index contributed by atoms with van der Waals surface area (Å²) in [4.78, 5) is 13.5. The van der Waals surface area contributed by atoms with Crippen molar-refractivity contribution in [1.82, 2.24) is 4.90 Å². The molecule has 16 heavy (non-hydrogen) atoms. The van der Waals surface area contributed by atoms with E-state index < -0.39 is 5.60 Å². The third kappa shape index (κ3) is 2.30. The number of likely N-dealkylation sites (tertiary alicyclic amines) is 1. The third-order valence-corrected chi connectivity index (χ3v) is 2.87. The Balaban J connectivity index is 1.99. The Morgan fingerprint density at radius 3 is 2.81 bits per heavy atom. The Kier molecular flexibility index (Phi) is 2.84. The van der Waals surface area contributed by atoms with Gasteiger partial charge < -0.3 is 19.5 Å². The van der Waals surface area contributed by atoms with Crippen LogP contribution in [0.2, 0.25) is 0 Å². The fourth-order valence-electron chi connectivity index (χ4n) is 2.09. The summed E-state index contributed by atoms with van der Waals surface area (Å²) in [6.07, 6.45) is 0.711. The van der Waals surface area contributed by atoms with Crippen molar-refractivity contribution < 1.29 is 19.4 Å². The van der Waals surface area contributed by atoms with E-state index in [2.05, 4.69) is 0 Å². The molecule has 1 amide bonds. The summed E-state index contributed by atoms with van der Waals surface area (Å²) in [6, 6.07) is -0.242. The van der Waals surface area contributed by atoms with Crippen LogP contribution in [0.15, 0.2) is 0 Å². The number of nitrogens with zero attached hydrogens (tertiary/aromatic N) is 1. The van der Waals surface area contributed by atoms with Crippen LogP contribution in [0.3, 0.4) is 0 Å². The normalized spacial score (nSPS) is 33.2. The molecule has 5 nitrogen and oxygen atoms in total. The van der Waals surface area contributed by atoms with Gasteiger partial charge in [-0.15, -0.1) is 0 Å². The van der Waals surface area contributed by atoms with E-state index in [4.69, 9.17) is 9.47 Å². The average Bonchev–Trinajstić information content (AvgIpc) is 2.91. The predicted octanol–water partition coefficient (Wildman–Crippen LogP) is 0.756. The minimum atomic E-state index is -0.502. The first-order valence-electron chi connectivity index (χ1n) is 5.68. The average molecular weight is 229 g/mol. The van der Waals surface area contributed by atoms with Crippen molar-refractivity contribution in [2.24, 2.45) is 0 Å². The first kappa shape index (κ1) is 11.7. The Morgan fingerprint density at radius 2 is 2.25 bits per heavy atom. The van der Waals surface area contributed by atoms with Crippen LogP contribution in [0.25, 0.3) is 0 Å². The van der Waals surface area contributed by atoms with Gasteiger partial charge in [0.1, 0.15) is 11.7 Å². The monoisotopic (exact) mass is 229 g/mol. The van der Waals surface area contributed by atoms with Crippen LogP contribution in [0.5, 0.6) is 0 Å². The SMILES string of the molecule is CC(C)(C)OC(=O)N1CCC2OC2C1CO. The highest BCUT2D eigenvalue weighted by molar-refractivity contribution is 5.69. The van der Waals surface area contributed by atoms with E-state index in [1.54, 1.807) is 4.90 Å². The maximum Gasteiger partial charge on any atom is 0.410 e. The molecule has 0 spiro atoms. The molecule has 2 aliphatic heterocycles. The molecular formula is C11H19NO4. The molecular weight excluding hydrogens is 210 g/mol. The van der Waals surface area contributed by atoms with E-state index in [9.17, 15) is 9.90 Å². The molecule has 3 unspecified atom stereocenters. The number of aliphatic hydroxyl groups excluding tert-OH is 1. The van der Waals surface area contributed by atoms with Crippen molar-refractivity contribution in [2.45, 2.75) is 51.0 Å². The summed E-state index contributed by atoms with van der Waals surface area (Å²) < 4.78 is 10.7. The van der Waals surface area contributed by atoms with E-state index in [0.717, 1.165) is 6.42 Å². The van der Waals surface area contributed by atoms with Gasteiger partial charge in [-0.2, -0.15) is 0 Å². The Bertz CT molecular complexity index is 286. The lowest BCUT2D eigenvalue weighted by atomic mass is 10.0. The fourth-order valence-corrected chi connectivity index (χ4v) is 2.09. The molecule has 0 aliphatic carbocycles. The number of rotatable bonds is 1. The molecule has 0 aromatic rings. The summed E-state index contributed by atoms with van der Waals surface area (Å²) in [5.41, 5.74) is -0.502. The minimum Gasteiger partial charge on any atom is -0.444 e. The number of ether oxygens (including phenoxy) is 2. The summed E-state index contributed by atoms with van der Waals surface area (Å²) >= 11 is 0. The standard InChI is InChI=1S/C11H19NO4/c1-11(2,3)16-10(14)12-5-4-8-9(15-8)7(12)6-13/h7-9,13H,4-6H2,1-3H3. The van der Waals surface area contributed by atoms with E-state index in [1.807, 2.05) is 20.8 Å². The van der Waals surface area contributed by atoms with Gasteiger partial charge in [0.2, 0.25) is 0 Å². The molecule has 92 valence electrons. The van der Waals surface area contributed by atoms with E-state index in [-0.39, 0.29) is 30.9 Å². The third-order valence-electron chi connectivity index (χ3n) is 2.87. The van der Waals surface area contributed by atoms with E-state index in [1.165, 1.54) is 0 Å². The van der Waals surface area contributed by atoms with Crippen molar-refractivity contribution in [3.8, 4) is 0 Å². The number of carbonyl (C=O) groups is 1. The molecule has 2 aliphatic rings. The zero-order valence-electron chi connectivity index (χ0n) is 9.97. The second-order valence-electron chi connectivity index (χ2n) is 5.35. The van der Waals surface area contributed by atoms with Crippen LogP contribution in [0, 0.1) is 0 Å². The van der Waals surface area contributed by atoms with Gasteiger partial charge in [-0.3, -0.25) is 0 Å². The molecule has 2 heterocycles. The molecule has 2 saturated heterocycles. The van der Waals surface area contributed by atoms with Gasteiger partial charge in [0.25, 0.3) is 0 Å². The van der Waals surface area contributed by atoms with Crippen molar-refractivity contribution >= 4 is 6.09 Å². The second-order valence-corrected chi connectivity index (χ2v) is 5.35. The molecule has 5 heteroatoms. The predicted molar refractivity (Wildman–Crippen MR) is 57.1 cm³/mol. The molecule has 0 aromatic carbocycles. The van der Waals surface area contributed by atoms with Gasteiger partial charge >= 0.3 is 6.09 Å². The number of carbonyl (C=O) groups excluding carboxylic acids is 1. The van der Waals surface area contributed by atoms with Crippen molar-refractivity contribution in [3.63, 3.8) is 0 Å². The largest absolute Gasteiger partial charge is 0.444 e. The Morgan fingerprint density at radius 1 is 1.56 bits per heavy atom. The highest BCUT2D eigenvalue weighted by Crippen LogP contribution is 2.36. The number of hydrogen-bond donors (Lipinski definition) is 1. The van der Waals surface area contributed by atoms with Gasteiger partial charge in [0.05, 0.1) is 18.8 Å². The number of amides is 1. The van der Waals surface area contributed by atoms with Crippen LogP contribution in [0.4, 0.5) is 4.79 Å². The second kappa shape index (κ2) is 3.89. The van der Waals surface area contributed by atoms with Gasteiger partial charge in [-0.05, 0) is 27.2 Å². The van der Waals surface area contributed by atoms with Gasteiger partial charge in [0.15, 0.2) is 0 Å². The summed E-state index contributed by atoms with van der Waals surface area (Å²) in [6.45, 7) is 6.03. The van der Waals surface area contributed by atoms with Crippen molar-refractivity contribution in [3.05, 3.63) is 0 Å². The van der Waals surface area contributed by atoms with Gasteiger partial charge in [-0.1, -0.05) is 0 Å². The van der Waals surface area contributed by atoms with Crippen LogP contribution >= 0.6 is 0 Å². The fraction of sp³-hybridized carbons (Fsp3) is 0.909. The molecule has 2 fully saturated rings. The first-order chi connectivity index (χ1) is 7.42. The van der Waals surface area contributed by atoms with Crippen LogP contribution < -0.4 is 0 Å². The molecule has 0 bridgehead atoms. The molecule has 2 rings (SSSR count). The number of epoxide rings is 1. The quantitative estimate of drug-likeness (QED) is 0.674. The van der Waals surface area contributed by atoms with Crippen molar-refractivity contribution in [2.75, 3.05) is 13.2 Å². The summed E-state index contributed by atoms with van der Waals surface area (Å²) in [5.74, 6) is 0. The lowest BCUT2D eigenvalue weighted by Crippen LogP contribution is -2.51. The molecule has 0 radical (unpaired) electrons. The molecule has 1 N–H and O–H groups in total. The molecule has 0 saturated carbocycles. The summed E-state index contributed by atoms with van der Waals surface area (Å²) in [5, 5.41) is 9.28. The smallest absolute Gasteiger partial charge is 0.410 e. The maximum absolute atomic E-state index is 11.9. The first-order valence-corrected chi connectivity index (χ1v) is 5.68. The molecule has 3 atom stereocenters. The van der Waals surface area contributed by atoms with Gasteiger partial charge in [-0.25, -0.2) is 4.79 Å².